The van der Waals surface area contributed by atoms with Gasteiger partial charge >= 0.3 is 0 Å². The van der Waals surface area contributed by atoms with E-state index in [1.54, 1.807) is 18.0 Å². The fraction of sp³-hybridized carbons (Fsp3) is 0.464. The minimum absolute atomic E-state index is 0.0557. The second-order valence-corrected chi connectivity index (χ2v) is 10.5. The molecule has 2 fully saturated rings. The molecule has 184 valence electrons. The molecular weight excluding hydrogens is 443 g/mol. The molecule has 1 aromatic carbocycles. The number of rotatable bonds is 4. The summed E-state index contributed by atoms with van der Waals surface area (Å²) in [4.78, 5) is 35.9. The van der Waals surface area contributed by atoms with Crippen LogP contribution in [0.4, 0.5) is 4.39 Å². The molecule has 0 spiro atoms. The largest absolute Gasteiger partial charge is 0.354 e. The number of amides is 2. The number of hydrogen-bond acceptors (Lipinski definition) is 3. The van der Waals surface area contributed by atoms with Gasteiger partial charge in [0, 0.05) is 55.3 Å². The van der Waals surface area contributed by atoms with E-state index in [9.17, 15) is 14.0 Å². The molecule has 1 unspecified atom stereocenters. The van der Waals surface area contributed by atoms with Gasteiger partial charge in [-0.2, -0.15) is 0 Å². The third-order valence-corrected chi connectivity index (χ3v) is 7.67. The highest BCUT2D eigenvalue weighted by Crippen LogP contribution is 2.39. The molecule has 0 bridgehead atoms. The van der Waals surface area contributed by atoms with Crippen LogP contribution in [-0.2, 0) is 9.59 Å². The summed E-state index contributed by atoms with van der Waals surface area (Å²) in [5, 5.41) is 1.13. The molecule has 2 amide bonds. The van der Waals surface area contributed by atoms with Crippen molar-refractivity contribution < 1.29 is 14.0 Å². The highest BCUT2D eigenvalue weighted by atomic mass is 19.1. The van der Waals surface area contributed by atoms with Crippen molar-refractivity contribution in [3.63, 3.8) is 0 Å². The molecule has 6 nitrogen and oxygen atoms in total. The van der Waals surface area contributed by atoms with Gasteiger partial charge in [0.15, 0.2) is 5.82 Å². The van der Waals surface area contributed by atoms with Gasteiger partial charge in [-0.1, -0.05) is 19.9 Å². The molecular formula is C28H33FN4O2. The molecule has 1 N–H and O–H groups in total. The molecule has 2 aliphatic heterocycles. The molecule has 3 aromatic rings. The lowest BCUT2D eigenvalue weighted by molar-refractivity contribution is -0.136. The number of likely N-dealkylation sites (tertiary alicyclic amines) is 2. The Balaban J connectivity index is 1.38. The first-order chi connectivity index (χ1) is 16.7. The Hall–Kier alpha value is -3.22. The van der Waals surface area contributed by atoms with E-state index in [1.807, 2.05) is 11.8 Å². The normalized spacial score (nSPS) is 19.4. The minimum atomic E-state index is -0.323. The highest BCUT2D eigenvalue weighted by molar-refractivity contribution is 5.92. The van der Waals surface area contributed by atoms with Crippen molar-refractivity contribution in [2.24, 2.45) is 5.92 Å². The van der Waals surface area contributed by atoms with Gasteiger partial charge in [-0.25, -0.2) is 4.39 Å². The summed E-state index contributed by atoms with van der Waals surface area (Å²) in [6.45, 7) is 8.11. The smallest absolute Gasteiger partial charge is 0.227 e. The topological polar surface area (TPSA) is 69.3 Å². The number of piperidine rings is 1. The molecule has 35 heavy (non-hydrogen) atoms. The highest BCUT2D eigenvalue weighted by Gasteiger charge is 2.36. The summed E-state index contributed by atoms with van der Waals surface area (Å²) in [7, 11) is 1.76. The predicted molar refractivity (Wildman–Crippen MR) is 135 cm³/mol. The molecule has 4 heterocycles. The Morgan fingerprint density at radius 2 is 1.94 bits per heavy atom. The first-order valence-corrected chi connectivity index (χ1v) is 12.5. The number of carbonyl (C=O) groups excluding carboxylic acids is 2. The number of nitrogens with zero attached hydrogens (tertiary/aromatic N) is 3. The number of fused-ring (bicyclic) bond motifs is 1. The average Bonchev–Trinajstić information content (AvgIpc) is 3.39. The maximum atomic E-state index is 14.7. The average molecular weight is 477 g/mol. The van der Waals surface area contributed by atoms with Crippen LogP contribution in [0.25, 0.3) is 22.2 Å². The first-order valence-electron chi connectivity index (χ1n) is 12.5. The zero-order valence-corrected chi connectivity index (χ0v) is 20.9. The summed E-state index contributed by atoms with van der Waals surface area (Å²) in [5.74, 6) is 0.230. The van der Waals surface area contributed by atoms with Crippen LogP contribution < -0.4 is 0 Å². The molecule has 2 aromatic heterocycles. The number of H-pyrrole nitrogens is 1. The lowest BCUT2D eigenvalue weighted by Gasteiger charge is -2.33. The minimum Gasteiger partial charge on any atom is -0.354 e. The Morgan fingerprint density at radius 1 is 1.20 bits per heavy atom. The number of benzene rings is 1. The summed E-state index contributed by atoms with van der Waals surface area (Å²) in [5.41, 5.74) is 5.55. The van der Waals surface area contributed by atoms with Crippen LogP contribution >= 0.6 is 0 Å². The van der Waals surface area contributed by atoms with Crippen LogP contribution in [-0.4, -0.2) is 58.3 Å². The zero-order valence-electron chi connectivity index (χ0n) is 20.9. The van der Waals surface area contributed by atoms with E-state index >= 15 is 0 Å². The summed E-state index contributed by atoms with van der Waals surface area (Å²) in [6.07, 6.45) is 3.43. The molecule has 2 aliphatic rings. The van der Waals surface area contributed by atoms with Gasteiger partial charge in [0.25, 0.3) is 0 Å². The maximum Gasteiger partial charge on any atom is 0.227 e. The molecule has 0 saturated carbocycles. The van der Waals surface area contributed by atoms with Crippen molar-refractivity contribution >= 4 is 22.7 Å². The number of nitrogens with one attached hydrogen (secondary N) is 1. The third kappa shape index (κ3) is 4.32. The number of hydrogen-bond donors (Lipinski definition) is 1. The van der Waals surface area contributed by atoms with Crippen molar-refractivity contribution in [1.29, 1.82) is 0 Å². The lowest BCUT2D eigenvalue weighted by Crippen LogP contribution is -2.42. The van der Waals surface area contributed by atoms with E-state index < -0.39 is 0 Å². The maximum absolute atomic E-state index is 14.7. The molecule has 5 rings (SSSR count). The Bertz CT molecular complexity index is 1290. The SMILES string of the molecule is Cc1cc(-c2[nH]c3ccc(C4CCN(C(=O)C5CC(=O)N(C)C5)CC4)cc3c2C(C)C)c(F)cn1. The second kappa shape index (κ2) is 9.10. The molecule has 0 radical (unpaired) electrons. The van der Waals surface area contributed by atoms with Gasteiger partial charge in [-0.15, -0.1) is 0 Å². The van der Waals surface area contributed by atoms with Crippen LogP contribution in [0.2, 0.25) is 0 Å². The number of halogens is 1. The fourth-order valence-corrected chi connectivity index (χ4v) is 5.75. The Labute approximate surface area is 205 Å². The van der Waals surface area contributed by atoms with Gasteiger partial charge in [0.05, 0.1) is 17.8 Å². The Kier molecular flexibility index (Phi) is 6.11. The Morgan fingerprint density at radius 3 is 2.60 bits per heavy atom. The second-order valence-electron chi connectivity index (χ2n) is 10.5. The van der Waals surface area contributed by atoms with Gasteiger partial charge in [-0.05, 0) is 60.9 Å². The van der Waals surface area contributed by atoms with E-state index in [1.165, 1.54) is 11.8 Å². The van der Waals surface area contributed by atoms with E-state index in [2.05, 4.69) is 42.0 Å². The van der Waals surface area contributed by atoms with E-state index in [0.29, 0.717) is 37.5 Å². The predicted octanol–water partition coefficient (Wildman–Crippen LogP) is 4.99. The van der Waals surface area contributed by atoms with Crippen LogP contribution in [0.3, 0.4) is 0 Å². The quantitative estimate of drug-likeness (QED) is 0.577. The lowest BCUT2D eigenvalue weighted by atomic mass is 9.87. The first kappa shape index (κ1) is 23.5. The van der Waals surface area contributed by atoms with Crippen molar-refractivity contribution in [1.82, 2.24) is 19.8 Å². The zero-order chi connectivity index (χ0) is 24.9. The van der Waals surface area contributed by atoms with Crippen molar-refractivity contribution in [2.45, 2.75) is 51.9 Å². The monoisotopic (exact) mass is 476 g/mol. The van der Waals surface area contributed by atoms with E-state index in [0.717, 1.165) is 40.7 Å². The van der Waals surface area contributed by atoms with E-state index in [4.69, 9.17) is 0 Å². The molecule has 2 saturated heterocycles. The summed E-state index contributed by atoms with van der Waals surface area (Å²) >= 11 is 0. The van der Waals surface area contributed by atoms with Crippen molar-refractivity contribution in [3.8, 4) is 11.3 Å². The number of carbonyl (C=O) groups is 2. The number of aromatic amines is 1. The van der Waals surface area contributed by atoms with Gasteiger partial charge in [-0.3, -0.25) is 14.6 Å². The molecule has 0 aliphatic carbocycles. The van der Waals surface area contributed by atoms with Crippen LogP contribution in [0.15, 0.2) is 30.5 Å². The van der Waals surface area contributed by atoms with Crippen molar-refractivity contribution in [3.05, 3.63) is 53.1 Å². The summed E-state index contributed by atoms with van der Waals surface area (Å²) in [6, 6.07) is 8.32. The number of aromatic nitrogens is 2. The molecule has 7 heteroatoms. The molecule has 1 atom stereocenters. The van der Waals surface area contributed by atoms with Gasteiger partial charge < -0.3 is 14.8 Å². The standard InChI is InChI=1S/C28H33FN4O2/c1-16(2)26-22-12-19(5-6-24(22)31-27(26)21-11-17(3)30-14-23(21)29)18-7-9-33(10-8-18)28(35)20-13-25(34)32(4)15-20/h5-6,11-12,14,16,18,20,31H,7-10,13,15H2,1-4H3. The van der Waals surface area contributed by atoms with Crippen LogP contribution in [0, 0.1) is 18.7 Å². The fourth-order valence-electron chi connectivity index (χ4n) is 5.75. The van der Waals surface area contributed by atoms with Crippen LogP contribution in [0.1, 0.15) is 61.8 Å². The van der Waals surface area contributed by atoms with Crippen LogP contribution in [0.5, 0.6) is 0 Å². The summed E-state index contributed by atoms with van der Waals surface area (Å²) < 4.78 is 14.7. The number of pyridine rings is 1. The van der Waals surface area contributed by atoms with Gasteiger partial charge in [0.1, 0.15) is 0 Å². The van der Waals surface area contributed by atoms with E-state index in [-0.39, 0.29) is 29.5 Å². The third-order valence-electron chi connectivity index (χ3n) is 7.67. The number of aryl methyl sites for hydroxylation is 1. The van der Waals surface area contributed by atoms with Crippen molar-refractivity contribution in [2.75, 3.05) is 26.7 Å². The van der Waals surface area contributed by atoms with Gasteiger partial charge in [0.2, 0.25) is 11.8 Å².